The van der Waals surface area contributed by atoms with Crippen LogP contribution in [0.4, 0.5) is 0 Å². The van der Waals surface area contributed by atoms with Crippen molar-refractivity contribution in [2.45, 2.75) is 38.2 Å². The van der Waals surface area contributed by atoms with Gasteiger partial charge in [0, 0.05) is 5.41 Å². The van der Waals surface area contributed by atoms with E-state index in [4.69, 9.17) is 4.74 Å². The van der Waals surface area contributed by atoms with E-state index < -0.39 is 0 Å². The third-order valence-electron chi connectivity index (χ3n) is 5.40. The third kappa shape index (κ3) is 3.07. The zero-order chi connectivity index (χ0) is 17.1. The fourth-order valence-electron chi connectivity index (χ4n) is 4.08. The minimum atomic E-state index is 0.0506. The van der Waals surface area contributed by atoms with Gasteiger partial charge in [0.1, 0.15) is 12.4 Å². The minimum absolute atomic E-state index is 0.0506. The van der Waals surface area contributed by atoms with Crippen LogP contribution in [0.25, 0.3) is 0 Å². The Bertz CT molecular complexity index is 824. The van der Waals surface area contributed by atoms with E-state index in [9.17, 15) is 0 Å². The maximum Gasteiger partial charge on any atom is 0.119 e. The Morgan fingerprint density at radius 3 is 2.56 bits per heavy atom. The molecule has 0 unspecified atom stereocenters. The van der Waals surface area contributed by atoms with Crippen molar-refractivity contribution in [2.75, 3.05) is 0 Å². The van der Waals surface area contributed by atoms with Gasteiger partial charge in [0.05, 0.1) is 0 Å². The van der Waals surface area contributed by atoms with Crippen LogP contribution < -0.4 is 4.74 Å². The summed E-state index contributed by atoms with van der Waals surface area (Å²) in [5.74, 6) is 0.928. The number of benzene rings is 2. The summed E-state index contributed by atoms with van der Waals surface area (Å²) in [6.07, 6.45) is 12.7. The van der Waals surface area contributed by atoms with Gasteiger partial charge in [-0.3, -0.25) is 0 Å². The summed E-state index contributed by atoms with van der Waals surface area (Å²) in [5.41, 5.74) is 5.62. The molecule has 25 heavy (non-hydrogen) atoms. The normalized spacial score (nSPS) is 22.0. The molecule has 0 saturated carbocycles. The van der Waals surface area contributed by atoms with Crippen molar-refractivity contribution in [3.63, 3.8) is 0 Å². The van der Waals surface area contributed by atoms with E-state index in [-0.39, 0.29) is 5.41 Å². The molecule has 126 valence electrons. The first-order valence-corrected chi connectivity index (χ1v) is 9.10. The molecule has 2 aromatic carbocycles. The van der Waals surface area contributed by atoms with Gasteiger partial charge in [0.25, 0.3) is 0 Å². The number of ether oxygens (including phenoxy) is 1. The van der Waals surface area contributed by atoms with Crippen molar-refractivity contribution in [2.24, 2.45) is 0 Å². The highest BCUT2D eigenvalue weighted by atomic mass is 16.5. The molecule has 0 bridgehead atoms. The zero-order valence-corrected chi connectivity index (χ0v) is 14.7. The molecule has 0 amide bonds. The van der Waals surface area contributed by atoms with Gasteiger partial charge in [-0.25, -0.2) is 0 Å². The Balaban J connectivity index is 1.56. The highest BCUT2D eigenvalue weighted by Gasteiger charge is 2.36. The Morgan fingerprint density at radius 2 is 1.76 bits per heavy atom. The number of rotatable bonds is 4. The van der Waals surface area contributed by atoms with Crippen molar-refractivity contribution in [1.82, 2.24) is 0 Å². The molecule has 0 saturated heterocycles. The highest BCUT2D eigenvalue weighted by Crippen LogP contribution is 2.46. The van der Waals surface area contributed by atoms with Crippen LogP contribution in [0, 0.1) is 0 Å². The Kier molecular flexibility index (Phi) is 4.31. The Labute approximate surface area is 150 Å². The summed E-state index contributed by atoms with van der Waals surface area (Å²) < 4.78 is 5.95. The monoisotopic (exact) mass is 328 g/mol. The topological polar surface area (TPSA) is 9.23 Å². The predicted octanol–water partition coefficient (Wildman–Crippen LogP) is 6.13. The summed E-state index contributed by atoms with van der Waals surface area (Å²) in [4.78, 5) is 0. The van der Waals surface area contributed by atoms with Gasteiger partial charge in [0.2, 0.25) is 0 Å². The first kappa shape index (κ1) is 16.0. The molecule has 2 aliphatic rings. The molecule has 1 atom stereocenters. The quantitative estimate of drug-likeness (QED) is 0.613. The average molecular weight is 328 g/mol. The van der Waals surface area contributed by atoms with Crippen molar-refractivity contribution < 1.29 is 4.74 Å². The van der Waals surface area contributed by atoms with Crippen molar-refractivity contribution in [3.8, 4) is 5.75 Å². The maximum atomic E-state index is 5.95. The largest absolute Gasteiger partial charge is 0.489 e. The second kappa shape index (κ2) is 6.76. The van der Waals surface area contributed by atoms with Gasteiger partial charge in [-0.15, -0.1) is 0 Å². The maximum absolute atomic E-state index is 5.95. The lowest BCUT2D eigenvalue weighted by Gasteiger charge is -2.39. The van der Waals surface area contributed by atoms with E-state index in [0.717, 1.165) is 18.6 Å². The fourth-order valence-corrected chi connectivity index (χ4v) is 4.08. The minimum Gasteiger partial charge on any atom is -0.489 e. The molecule has 0 N–H and O–H groups in total. The third-order valence-corrected chi connectivity index (χ3v) is 5.40. The van der Waals surface area contributed by atoms with Crippen molar-refractivity contribution in [1.29, 1.82) is 0 Å². The highest BCUT2D eigenvalue weighted by molar-refractivity contribution is 5.51. The van der Waals surface area contributed by atoms with Gasteiger partial charge in [-0.05, 0) is 49.4 Å². The molecule has 2 aromatic rings. The predicted molar refractivity (Wildman–Crippen MR) is 104 cm³/mol. The lowest BCUT2D eigenvalue weighted by molar-refractivity contribution is 0.306. The van der Waals surface area contributed by atoms with E-state index in [1.54, 1.807) is 5.57 Å². The van der Waals surface area contributed by atoms with E-state index in [1.165, 1.54) is 23.1 Å². The lowest BCUT2D eigenvalue weighted by Crippen LogP contribution is -2.30. The number of fused-ring (bicyclic) bond motifs is 1. The average Bonchev–Trinajstić information content (AvgIpc) is 2.68. The first-order valence-electron chi connectivity index (χ1n) is 9.10. The molecule has 4 rings (SSSR count). The van der Waals surface area contributed by atoms with Gasteiger partial charge in [-0.1, -0.05) is 77.9 Å². The van der Waals surface area contributed by atoms with Crippen LogP contribution in [0.15, 0.2) is 90.0 Å². The van der Waals surface area contributed by atoms with Crippen LogP contribution in [0.2, 0.25) is 0 Å². The summed E-state index contributed by atoms with van der Waals surface area (Å²) in [6.45, 7) is 2.86. The summed E-state index contributed by atoms with van der Waals surface area (Å²) in [7, 11) is 0. The Hall–Kier alpha value is -2.54. The standard InChI is InChI=1S/C24H24O/c1-19-8-7-17-24(16-6-5-11-23(19)24)21-12-14-22(15-13-21)25-18-20-9-3-2-4-10-20/h2-4,6-10,12-16H,5,11,17-18H2,1H3/t24-/m0/s1. The smallest absolute Gasteiger partial charge is 0.119 e. The second-order valence-corrected chi connectivity index (χ2v) is 6.98. The summed E-state index contributed by atoms with van der Waals surface area (Å²) in [5, 5.41) is 0. The van der Waals surface area contributed by atoms with Crippen molar-refractivity contribution >= 4 is 0 Å². The second-order valence-electron chi connectivity index (χ2n) is 6.98. The van der Waals surface area contributed by atoms with E-state index in [2.05, 4.69) is 67.6 Å². The number of hydrogen-bond acceptors (Lipinski definition) is 1. The molecule has 2 aliphatic carbocycles. The molecule has 1 heteroatoms. The first-order chi connectivity index (χ1) is 12.3. The van der Waals surface area contributed by atoms with Crippen LogP contribution in [0.5, 0.6) is 5.75 Å². The van der Waals surface area contributed by atoms with Crippen LogP contribution in [0.1, 0.15) is 37.3 Å². The molecule has 0 radical (unpaired) electrons. The molecule has 0 spiro atoms. The van der Waals surface area contributed by atoms with Crippen molar-refractivity contribution in [3.05, 3.63) is 101 Å². The van der Waals surface area contributed by atoms with Crippen LogP contribution in [-0.4, -0.2) is 0 Å². The molecule has 0 aromatic heterocycles. The summed E-state index contributed by atoms with van der Waals surface area (Å²) in [6, 6.07) is 19.0. The molecular weight excluding hydrogens is 304 g/mol. The van der Waals surface area contributed by atoms with Crippen LogP contribution in [-0.2, 0) is 12.0 Å². The van der Waals surface area contributed by atoms with Crippen LogP contribution in [0.3, 0.4) is 0 Å². The fraction of sp³-hybridized carbons (Fsp3) is 0.250. The van der Waals surface area contributed by atoms with Gasteiger partial charge in [-0.2, -0.15) is 0 Å². The van der Waals surface area contributed by atoms with Crippen LogP contribution >= 0.6 is 0 Å². The molecule has 0 aliphatic heterocycles. The number of allylic oxidation sites excluding steroid dienone is 6. The van der Waals surface area contributed by atoms with Gasteiger partial charge >= 0.3 is 0 Å². The van der Waals surface area contributed by atoms with Gasteiger partial charge < -0.3 is 4.74 Å². The zero-order valence-electron chi connectivity index (χ0n) is 14.7. The Morgan fingerprint density at radius 1 is 0.960 bits per heavy atom. The molecule has 0 heterocycles. The summed E-state index contributed by atoms with van der Waals surface area (Å²) >= 11 is 0. The van der Waals surface area contributed by atoms with E-state index >= 15 is 0 Å². The van der Waals surface area contributed by atoms with E-state index in [0.29, 0.717) is 6.61 Å². The van der Waals surface area contributed by atoms with Gasteiger partial charge in [0.15, 0.2) is 0 Å². The number of hydrogen-bond donors (Lipinski definition) is 0. The SMILES string of the molecule is CC1=C2CCC=C[C@@]2(c2ccc(OCc3ccccc3)cc2)CC=C1. The van der Waals surface area contributed by atoms with E-state index in [1.807, 2.05) is 18.2 Å². The molecule has 0 fully saturated rings. The lowest BCUT2D eigenvalue weighted by atomic mass is 9.64. The molecule has 1 nitrogen and oxygen atoms in total. The molecular formula is C24H24O.